The fraction of sp³-hybridized carbons (Fsp3) is 0.235. The molecular weight excluding hydrogens is 307 g/mol. The number of hydrogen-bond donors (Lipinski definition) is 0. The van der Waals surface area contributed by atoms with Crippen LogP contribution in [0.25, 0.3) is 0 Å². The van der Waals surface area contributed by atoms with E-state index in [9.17, 15) is 18.0 Å². The number of benzene rings is 2. The molecule has 0 fully saturated rings. The molecule has 2 aromatic rings. The van der Waals surface area contributed by atoms with Gasteiger partial charge in [0.15, 0.2) is 18.2 Å². The van der Waals surface area contributed by atoms with Gasteiger partial charge in [0.05, 0.1) is 6.04 Å². The summed E-state index contributed by atoms with van der Waals surface area (Å²) in [5.41, 5.74) is 0.759. The lowest BCUT2D eigenvalue weighted by Gasteiger charge is -2.25. The number of rotatable bonds is 5. The number of carbonyl (C=O) groups is 1. The molecule has 0 radical (unpaired) electrons. The fourth-order valence-corrected chi connectivity index (χ4v) is 2.01. The number of halogens is 3. The summed E-state index contributed by atoms with van der Waals surface area (Å²) < 4.78 is 44.2. The normalized spacial score (nSPS) is 11.9. The van der Waals surface area contributed by atoms with Crippen LogP contribution in [0.3, 0.4) is 0 Å². The third-order valence-corrected chi connectivity index (χ3v) is 3.57. The Morgan fingerprint density at radius 2 is 1.70 bits per heavy atom. The predicted molar refractivity (Wildman–Crippen MR) is 79.4 cm³/mol. The molecule has 0 aromatic heterocycles. The molecule has 1 atom stereocenters. The topological polar surface area (TPSA) is 29.5 Å². The maximum atomic E-state index is 13.4. The van der Waals surface area contributed by atoms with E-state index in [0.29, 0.717) is 6.07 Å². The Kier molecular flexibility index (Phi) is 5.26. The quantitative estimate of drug-likeness (QED) is 0.840. The van der Waals surface area contributed by atoms with Crippen LogP contribution in [0.4, 0.5) is 13.2 Å². The molecule has 1 amide bonds. The van der Waals surface area contributed by atoms with E-state index in [-0.39, 0.29) is 30.1 Å². The number of amides is 1. The molecule has 0 spiro atoms. The van der Waals surface area contributed by atoms with Gasteiger partial charge in [-0.2, -0.15) is 0 Å². The lowest BCUT2D eigenvalue weighted by molar-refractivity contribution is -0.134. The number of likely N-dealkylation sites (N-methyl/N-ethyl adjacent to an activating group) is 1. The van der Waals surface area contributed by atoms with Crippen LogP contribution in [0.15, 0.2) is 42.5 Å². The van der Waals surface area contributed by atoms with Crippen molar-refractivity contribution in [3.05, 3.63) is 65.5 Å². The van der Waals surface area contributed by atoms with E-state index >= 15 is 0 Å². The highest BCUT2D eigenvalue weighted by Gasteiger charge is 2.18. The van der Waals surface area contributed by atoms with Crippen LogP contribution in [-0.4, -0.2) is 24.5 Å². The van der Waals surface area contributed by atoms with Gasteiger partial charge in [-0.25, -0.2) is 13.2 Å². The lowest BCUT2D eigenvalue weighted by Crippen LogP contribution is -2.33. The maximum Gasteiger partial charge on any atom is 0.260 e. The van der Waals surface area contributed by atoms with Gasteiger partial charge in [-0.3, -0.25) is 4.79 Å². The molecule has 3 nitrogen and oxygen atoms in total. The maximum absolute atomic E-state index is 13.4. The molecule has 0 bridgehead atoms. The predicted octanol–water partition coefficient (Wildman–Crippen LogP) is 3.70. The van der Waals surface area contributed by atoms with Crippen LogP contribution in [0.1, 0.15) is 18.5 Å². The molecule has 0 saturated heterocycles. The van der Waals surface area contributed by atoms with E-state index in [1.165, 1.54) is 17.0 Å². The van der Waals surface area contributed by atoms with Crippen molar-refractivity contribution in [1.29, 1.82) is 0 Å². The summed E-state index contributed by atoms with van der Waals surface area (Å²) in [5, 5.41) is 0. The van der Waals surface area contributed by atoms with Gasteiger partial charge >= 0.3 is 0 Å². The Morgan fingerprint density at radius 1 is 1.09 bits per heavy atom. The molecule has 23 heavy (non-hydrogen) atoms. The van der Waals surface area contributed by atoms with Crippen molar-refractivity contribution in [2.45, 2.75) is 13.0 Å². The minimum atomic E-state index is -0.868. The van der Waals surface area contributed by atoms with Crippen LogP contribution >= 0.6 is 0 Å². The second-order valence-electron chi connectivity index (χ2n) is 5.10. The molecule has 1 unspecified atom stereocenters. The van der Waals surface area contributed by atoms with Crippen LogP contribution < -0.4 is 4.74 Å². The van der Waals surface area contributed by atoms with E-state index in [4.69, 9.17) is 4.74 Å². The Balaban J connectivity index is 1.98. The molecule has 0 saturated carbocycles. The first-order chi connectivity index (χ1) is 10.9. The summed E-state index contributed by atoms with van der Waals surface area (Å²) in [7, 11) is 1.57. The fourth-order valence-electron chi connectivity index (χ4n) is 2.01. The molecule has 0 heterocycles. The van der Waals surface area contributed by atoms with Crippen LogP contribution in [0.2, 0.25) is 0 Å². The highest BCUT2D eigenvalue weighted by Crippen LogP contribution is 2.20. The second-order valence-corrected chi connectivity index (χ2v) is 5.10. The Bertz CT molecular complexity index is 689. The molecule has 0 aliphatic heterocycles. The number of nitrogens with zero attached hydrogens (tertiary/aromatic N) is 1. The Labute approximate surface area is 132 Å². The molecule has 2 aromatic carbocycles. The van der Waals surface area contributed by atoms with Crippen LogP contribution in [0, 0.1) is 17.5 Å². The molecule has 122 valence electrons. The average molecular weight is 323 g/mol. The third kappa shape index (κ3) is 4.25. The Morgan fingerprint density at radius 3 is 2.30 bits per heavy atom. The minimum Gasteiger partial charge on any atom is -0.481 e. The van der Waals surface area contributed by atoms with Gasteiger partial charge in [0.2, 0.25) is 0 Å². The summed E-state index contributed by atoms with van der Waals surface area (Å²) >= 11 is 0. The molecular formula is C17H16F3NO2. The summed E-state index contributed by atoms with van der Waals surface area (Å²) in [6.45, 7) is 1.40. The van der Waals surface area contributed by atoms with Crippen molar-refractivity contribution in [3.8, 4) is 5.75 Å². The monoisotopic (exact) mass is 323 g/mol. The SMILES string of the molecule is CC(c1ccc(F)cc1)N(C)C(=O)COc1ccc(F)cc1F. The molecule has 0 aliphatic carbocycles. The van der Waals surface area contributed by atoms with E-state index in [2.05, 4.69) is 0 Å². The second kappa shape index (κ2) is 7.17. The van der Waals surface area contributed by atoms with Crippen LogP contribution in [-0.2, 0) is 4.79 Å². The van der Waals surface area contributed by atoms with Gasteiger partial charge in [0.25, 0.3) is 5.91 Å². The van der Waals surface area contributed by atoms with Crippen LogP contribution in [0.5, 0.6) is 5.75 Å². The van der Waals surface area contributed by atoms with Crippen molar-refractivity contribution < 1.29 is 22.7 Å². The van der Waals surface area contributed by atoms with E-state index in [1.807, 2.05) is 0 Å². The summed E-state index contributed by atoms with van der Waals surface area (Å²) in [4.78, 5) is 13.5. The van der Waals surface area contributed by atoms with Crippen molar-refractivity contribution in [2.75, 3.05) is 13.7 Å². The summed E-state index contributed by atoms with van der Waals surface area (Å²) in [5.74, 6) is -2.52. The van der Waals surface area contributed by atoms with Gasteiger partial charge in [0.1, 0.15) is 11.6 Å². The summed E-state index contributed by atoms with van der Waals surface area (Å²) in [6, 6.07) is 8.36. The van der Waals surface area contributed by atoms with Gasteiger partial charge in [-0.05, 0) is 36.8 Å². The zero-order valence-electron chi connectivity index (χ0n) is 12.7. The standard InChI is InChI=1S/C17H16F3NO2/c1-11(12-3-5-13(18)6-4-12)21(2)17(22)10-23-16-8-7-14(19)9-15(16)20/h3-9,11H,10H2,1-2H3. The zero-order valence-corrected chi connectivity index (χ0v) is 12.7. The van der Waals surface area contributed by atoms with E-state index < -0.39 is 11.6 Å². The highest BCUT2D eigenvalue weighted by atomic mass is 19.1. The van der Waals surface area contributed by atoms with Gasteiger partial charge < -0.3 is 9.64 Å². The van der Waals surface area contributed by atoms with Gasteiger partial charge in [-0.1, -0.05) is 12.1 Å². The van der Waals surface area contributed by atoms with E-state index in [0.717, 1.165) is 17.7 Å². The van der Waals surface area contributed by atoms with Gasteiger partial charge in [-0.15, -0.1) is 0 Å². The van der Waals surface area contributed by atoms with Crippen molar-refractivity contribution in [3.63, 3.8) is 0 Å². The minimum absolute atomic E-state index is 0.192. The molecule has 0 N–H and O–H groups in total. The van der Waals surface area contributed by atoms with Crippen molar-refractivity contribution in [1.82, 2.24) is 4.90 Å². The largest absolute Gasteiger partial charge is 0.481 e. The number of ether oxygens (including phenoxy) is 1. The Hall–Kier alpha value is -2.50. The summed E-state index contributed by atoms with van der Waals surface area (Å²) in [6.07, 6.45) is 0. The zero-order chi connectivity index (χ0) is 17.0. The van der Waals surface area contributed by atoms with E-state index in [1.54, 1.807) is 26.1 Å². The highest BCUT2D eigenvalue weighted by molar-refractivity contribution is 5.78. The first-order valence-corrected chi connectivity index (χ1v) is 6.97. The molecule has 6 heteroatoms. The first kappa shape index (κ1) is 16.9. The van der Waals surface area contributed by atoms with Crippen molar-refractivity contribution >= 4 is 5.91 Å². The first-order valence-electron chi connectivity index (χ1n) is 6.97. The average Bonchev–Trinajstić information content (AvgIpc) is 2.53. The third-order valence-electron chi connectivity index (χ3n) is 3.57. The number of carbonyl (C=O) groups excluding carboxylic acids is 1. The van der Waals surface area contributed by atoms with Gasteiger partial charge in [0, 0.05) is 13.1 Å². The smallest absolute Gasteiger partial charge is 0.260 e. The number of hydrogen-bond acceptors (Lipinski definition) is 2. The lowest BCUT2D eigenvalue weighted by atomic mass is 10.1. The van der Waals surface area contributed by atoms with Crippen molar-refractivity contribution in [2.24, 2.45) is 0 Å². The molecule has 2 rings (SSSR count). The molecule has 0 aliphatic rings.